The van der Waals surface area contributed by atoms with E-state index in [1.807, 2.05) is 0 Å². The van der Waals surface area contributed by atoms with Gasteiger partial charge in [-0.05, 0) is 0 Å². The first-order valence-electron chi connectivity index (χ1n) is 1.92. The molecule has 0 fully saturated rings. The summed E-state index contributed by atoms with van der Waals surface area (Å²) in [6.07, 6.45) is 3.78. The fraction of sp³-hybridized carbons (Fsp3) is 0.333. The van der Waals surface area contributed by atoms with Crippen molar-refractivity contribution < 1.29 is 4.55 Å². The summed E-state index contributed by atoms with van der Waals surface area (Å²) < 4.78 is 10.5. The SMILES string of the molecule is C[S+]([O-])c1n[c]n[nH]1. The molecule has 1 rings (SSSR count). The van der Waals surface area contributed by atoms with Crippen LogP contribution in [0.15, 0.2) is 5.16 Å². The number of aromatic amines is 1. The van der Waals surface area contributed by atoms with Gasteiger partial charge < -0.3 is 4.55 Å². The standard InChI is InChI=1S/C3H4N3OS/c1-8(7)3-4-2-5-6-3/h1H3,(H,4,5,6). The number of nitrogens with one attached hydrogen (secondary N) is 1. The van der Waals surface area contributed by atoms with Crippen LogP contribution in [0.4, 0.5) is 0 Å². The quantitative estimate of drug-likeness (QED) is 0.513. The summed E-state index contributed by atoms with van der Waals surface area (Å²) in [5, 5.41) is 6.17. The highest BCUT2D eigenvalue weighted by atomic mass is 32.2. The van der Waals surface area contributed by atoms with E-state index in [0.717, 1.165) is 0 Å². The van der Waals surface area contributed by atoms with Crippen molar-refractivity contribution in [1.82, 2.24) is 15.2 Å². The summed E-state index contributed by atoms with van der Waals surface area (Å²) >= 11 is -1.06. The molecule has 1 N–H and O–H groups in total. The third-order valence-electron chi connectivity index (χ3n) is 0.625. The molecule has 4 nitrogen and oxygen atoms in total. The Labute approximate surface area is 49.5 Å². The number of hydrogen-bond donors (Lipinski definition) is 1. The first-order chi connectivity index (χ1) is 3.80. The summed E-state index contributed by atoms with van der Waals surface area (Å²) in [4.78, 5) is 3.52. The third-order valence-corrected chi connectivity index (χ3v) is 1.35. The van der Waals surface area contributed by atoms with Crippen molar-refractivity contribution in [3.63, 3.8) is 0 Å². The topological polar surface area (TPSA) is 64.6 Å². The fourth-order valence-electron chi connectivity index (χ4n) is 0.297. The summed E-state index contributed by atoms with van der Waals surface area (Å²) in [5.74, 6) is 0. The molecule has 0 aliphatic carbocycles. The molecule has 1 atom stereocenters. The number of H-pyrrole nitrogens is 1. The summed E-state index contributed by atoms with van der Waals surface area (Å²) in [7, 11) is 0. The Kier molecular flexibility index (Phi) is 1.50. The van der Waals surface area contributed by atoms with Crippen LogP contribution in [0.3, 0.4) is 0 Å². The van der Waals surface area contributed by atoms with E-state index in [2.05, 4.69) is 21.5 Å². The van der Waals surface area contributed by atoms with E-state index in [1.54, 1.807) is 0 Å². The van der Waals surface area contributed by atoms with Crippen molar-refractivity contribution in [3.05, 3.63) is 6.33 Å². The number of rotatable bonds is 1. The first kappa shape index (κ1) is 5.58. The van der Waals surface area contributed by atoms with Crippen molar-refractivity contribution in [3.8, 4) is 0 Å². The smallest absolute Gasteiger partial charge is 0.338 e. The largest absolute Gasteiger partial charge is 0.609 e. The molecule has 1 aromatic heterocycles. The second-order valence-electron chi connectivity index (χ2n) is 1.19. The molecule has 0 spiro atoms. The van der Waals surface area contributed by atoms with Crippen molar-refractivity contribution in [1.29, 1.82) is 0 Å². The van der Waals surface area contributed by atoms with E-state index in [-0.39, 0.29) is 0 Å². The summed E-state index contributed by atoms with van der Waals surface area (Å²) in [5.41, 5.74) is 0. The number of aromatic nitrogens is 3. The molecule has 5 heteroatoms. The average molecular weight is 130 g/mol. The molecule has 0 aliphatic heterocycles. The van der Waals surface area contributed by atoms with Crippen molar-refractivity contribution in [2.75, 3.05) is 6.26 Å². The lowest BCUT2D eigenvalue weighted by molar-refractivity contribution is 0.592. The third kappa shape index (κ3) is 0.988. The van der Waals surface area contributed by atoms with Gasteiger partial charge in [-0.25, -0.2) is 5.10 Å². The van der Waals surface area contributed by atoms with Gasteiger partial charge in [-0.1, -0.05) is 0 Å². The zero-order valence-electron chi connectivity index (χ0n) is 4.21. The van der Waals surface area contributed by atoms with Crippen molar-refractivity contribution >= 4 is 11.2 Å². The second kappa shape index (κ2) is 2.15. The van der Waals surface area contributed by atoms with Gasteiger partial charge in [0, 0.05) is 11.2 Å². The maximum Gasteiger partial charge on any atom is 0.338 e. The molecule has 0 saturated heterocycles. The zero-order chi connectivity index (χ0) is 5.98. The lowest BCUT2D eigenvalue weighted by Crippen LogP contribution is -1.98. The van der Waals surface area contributed by atoms with E-state index in [9.17, 15) is 4.55 Å². The van der Waals surface area contributed by atoms with Gasteiger partial charge in [0.15, 0.2) is 0 Å². The van der Waals surface area contributed by atoms with Gasteiger partial charge in [0.25, 0.3) is 0 Å². The Balaban J connectivity index is 2.77. The Hall–Kier alpha value is -0.550. The van der Waals surface area contributed by atoms with Gasteiger partial charge in [-0.15, -0.1) is 5.10 Å². The molecule has 0 aliphatic rings. The molecule has 0 saturated carbocycles. The molecular weight excluding hydrogens is 126 g/mol. The van der Waals surface area contributed by atoms with Gasteiger partial charge in [-0.3, -0.25) is 0 Å². The Morgan fingerprint density at radius 2 is 2.62 bits per heavy atom. The van der Waals surface area contributed by atoms with Crippen LogP contribution in [0.2, 0.25) is 0 Å². The van der Waals surface area contributed by atoms with Gasteiger partial charge in [-0.2, -0.15) is 4.98 Å². The minimum atomic E-state index is -1.06. The molecule has 1 unspecified atom stereocenters. The van der Waals surface area contributed by atoms with Crippen LogP contribution in [-0.2, 0) is 11.2 Å². The van der Waals surface area contributed by atoms with Crippen LogP contribution in [-0.4, -0.2) is 26.0 Å². The highest BCUT2D eigenvalue weighted by Crippen LogP contribution is 1.94. The zero-order valence-corrected chi connectivity index (χ0v) is 5.03. The molecule has 8 heavy (non-hydrogen) atoms. The molecular formula is C3H4N3OS. The molecule has 43 valence electrons. The molecule has 0 bridgehead atoms. The maximum absolute atomic E-state index is 10.5. The van der Waals surface area contributed by atoms with Gasteiger partial charge in [0.2, 0.25) is 6.33 Å². The van der Waals surface area contributed by atoms with Gasteiger partial charge in [0.1, 0.15) is 6.26 Å². The highest BCUT2D eigenvalue weighted by molar-refractivity contribution is 7.90. The molecule has 1 radical (unpaired) electrons. The Morgan fingerprint density at radius 3 is 2.88 bits per heavy atom. The fourth-order valence-corrected chi connectivity index (χ4v) is 0.640. The van der Waals surface area contributed by atoms with Crippen LogP contribution in [0.25, 0.3) is 0 Å². The highest BCUT2D eigenvalue weighted by Gasteiger charge is 2.04. The minimum absolute atomic E-state index is 0.366. The molecule has 1 aromatic rings. The minimum Gasteiger partial charge on any atom is -0.609 e. The number of nitrogens with zero attached hydrogens (tertiary/aromatic N) is 2. The number of hydrogen-bond acceptors (Lipinski definition) is 3. The first-order valence-corrected chi connectivity index (χ1v) is 3.48. The van der Waals surface area contributed by atoms with E-state index in [1.165, 1.54) is 6.26 Å². The maximum atomic E-state index is 10.5. The van der Waals surface area contributed by atoms with Crippen LogP contribution in [0.5, 0.6) is 0 Å². The normalized spacial score (nSPS) is 13.8. The molecule has 0 amide bonds. The summed E-state index contributed by atoms with van der Waals surface area (Å²) in [6.45, 7) is 0. The van der Waals surface area contributed by atoms with E-state index >= 15 is 0 Å². The summed E-state index contributed by atoms with van der Waals surface area (Å²) in [6, 6.07) is 0. The predicted octanol–water partition coefficient (Wildman–Crippen LogP) is -0.658. The van der Waals surface area contributed by atoms with E-state index in [4.69, 9.17) is 0 Å². The van der Waals surface area contributed by atoms with Crippen LogP contribution >= 0.6 is 0 Å². The molecule has 1 heterocycles. The van der Waals surface area contributed by atoms with E-state index < -0.39 is 11.2 Å². The lowest BCUT2D eigenvalue weighted by Gasteiger charge is -1.94. The average Bonchev–Trinajstić information content (AvgIpc) is 2.12. The van der Waals surface area contributed by atoms with Crippen LogP contribution in [0.1, 0.15) is 0 Å². The van der Waals surface area contributed by atoms with Gasteiger partial charge >= 0.3 is 5.16 Å². The molecule has 0 aromatic carbocycles. The second-order valence-corrected chi connectivity index (χ2v) is 2.49. The van der Waals surface area contributed by atoms with Crippen LogP contribution < -0.4 is 0 Å². The van der Waals surface area contributed by atoms with Gasteiger partial charge in [0.05, 0.1) is 0 Å². The predicted molar refractivity (Wildman–Crippen MR) is 27.6 cm³/mol. The Bertz CT molecular complexity index is 150. The van der Waals surface area contributed by atoms with Crippen LogP contribution in [0, 0.1) is 6.33 Å². The van der Waals surface area contributed by atoms with Crippen molar-refractivity contribution in [2.24, 2.45) is 0 Å². The van der Waals surface area contributed by atoms with E-state index in [0.29, 0.717) is 5.16 Å². The lowest BCUT2D eigenvalue weighted by atomic mass is 11.3. The Morgan fingerprint density at radius 1 is 1.88 bits per heavy atom. The van der Waals surface area contributed by atoms with Crippen molar-refractivity contribution in [2.45, 2.75) is 5.16 Å². The monoisotopic (exact) mass is 130 g/mol.